The van der Waals surface area contributed by atoms with E-state index in [9.17, 15) is 15.3 Å². The molecule has 2 N–H and O–H groups in total. The smallest absolute Gasteiger partial charge is 0.248 e. The number of nitrogens with zero attached hydrogens (tertiary/aromatic N) is 3. The van der Waals surface area contributed by atoms with E-state index in [0.717, 1.165) is 16.7 Å². The van der Waals surface area contributed by atoms with Crippen LogP contribution in [0.15, 0.2) is 53.6 Å². The zero-order valence-electron chi connectivity index (χ0n) is 15.4. The number of aromatic nitrogens is 1. The highest BCUT2D eigenvalue weighted by Gasteiger charge is 2.21. The van der Waals surface area contributed by atoms with E-state index in [4.69, 9.17) is 17.3 Å². The number of hydrogen-bond donors (Lipinski definition) is 1. The summed E-state index contributed by atoms with van der Waals surface area (Å²) in [5.41, 5.74) is 9.23. The molecule has 2 aromatic carbocycles. The Labute approximate surface area is 177 Å². The average molecular weight is 419 g/mol. The Bertz CT molecular complexity index is 1180. The number of amides is 1. The molecule has 0 spiro atoms. The Morgan fingerprint density at radius 1 is 1.10 bits per heavy atom. The van der Waals surface area contributed by atoms with Crippen molar-refractivity contribution in [3.05, 3.63) is 81.5 Å². The molecule has 3 aromatic rings. The Morgan fingerprint density at radius 3 is 2.41 bits per heavy atom. The number of nitriles is 2. The standard InChI is InChI=1S/C22H15ClN4OS/c1-13-15(8-5-9-16(13)21(26)28)12-29-22-18(11-25)19(14-6-3-2-4-7-14)17(10-24)20(23)27-22/h2-9H,12H2,1H3,(H2,26,28). The van der Waals surface area contributed by atoms with Crippen LogP contribution < -0.4 is 5.73 Å². The maximum absolute atomic E-state index is 11.6. The van der Waals surface area contributed by atoms with Gasteiger partial charge in [-0.1, -0.05) is 54.1 Å². The fourth-order valence-corrected chi connectivity index (χ4v) is 4.32. The molecule has 142 valence electrons. The van der Waals surface area contributed by atoms with E-state index in [1.165, 1.54) is 11.8 Å². The first-order valence-electron chi connectivity index (χ1n) is 8.58. The summed E-state index contributed by atoms with van der Waals surface area (Å²) >= 11 is 7.60. The minimum atomic E-state index is -0.488. The zero-order valence-corrected chi connectivity index (χ0v) is 17.0. The van der Waals surface area contributed by atoms with E-state index in [0.29, 0.717) is 27.5 Å². The third-order valence-electron chi connectivity index (χ3n) is 4.48. The number of rotatable bonds is 5. The van der Waals surface area contributed by atoms with Crippen molar-refractivity contribution in [1.82, 2.24) is 4.98 Å². The first kappa shape index (κ1) is 20.4. The lowest BCUT2D eigenvalue weighted by Gasteiger charge is -2.13. The predicted molar refractivity (Wildman–Crippen MR) is 113 cm³/mol. The van der Waals surface area contributed by atoms with Crippen LogP contribution in [0.25, 0.3) is 11.1 Å². The van der Waals surface area contributed by atoms with Crippen molar-refractivity contribution in [3.63, 3.8) is 0 Å². The molecule has 0 aliphatic rings. The monoisotopic (exact) mass is 418 g/mol. The van der Waals surface area contributed by atoms with E-state index in [1.54, 1.807) is 12.1 Å². The Hall–Kier alpha value is -3.32. The van der Waals surface area contributed by atoms with Crippen molar-refractivity contribution < 1.29 is 4.79 Å². The number of carbonyl (C=O) groups excluding carboxylic acids is 1. The number of pyridine rings is 1. The highest BCUT2D eigenvalue weighted by molar-refractivity contribution is 7.98. The third kappa shape index (κ3) is 4.09. The molecule has 0 radical (unpaired) electrons. The van der Waals surface area contributed by atoms with Crippen LogP contribution in [-0.2, 0) is 5.75 Å². The van der Waals surface area contributed by atoms with Gasteiger partial charge >= 0.3 is 0 Å². The fraction of sp³-hybridized carbons (Fsp3) is 0.0909. The maximum atomic E-state index is 11.6. The molecule has 1 aromatic heterocycles. The van der Waals surface area contributed by atoms with Gasteiger partial charge in [-0.3, -0.25) is 4.79 Å². The van der Waals surface area contributed by atoms with Gasteiger partial charge in [0.05, 0.1) is 11.1 Å². The van der Waals surface area contributed by atoms with Gasteiger partial charge in [0.2, 0.25) is 5.91 Å². The minimum absolute atomic E-state index is 0.0514. The fourth-order valence-electron chi connectivity index (χ4n) is 2.99. The quantitative estimate of drug-likeness (QED) is 0.471. The van der Waals surface area contributed by atoms with E-state index in [2.05, 4.69) is 17.1 Å². The topological polar surface area (TPSA) is 104 Å². The molecule has 29 heavy (non-hydrogen) atoms. The molecule has 1 amide bonds. The Morgan fingerprint density at radius 2 is 1.79 bits per heavy atom. The second kappa shape index (κ2) is 8.79. The van der Waals surface area contributed by atoms with Gasteiger partial charge in [-0.15, -0.1) is 11.8 Å². The lowest BCUT2D eigenvalue weighted by molar-refractivity contribution is 0.0999. The molecule has 0 bridgehead atoms. The number of benzene rings is 2. The van der Waals surface area contributed by atoms with Gasteiger partial charge in [0, 0.05) is 16.9 Å². The summed E-state index contributed by atoms with van der Waals surface area (Å²) in [5.74, 6) is -0.0246. The first-order valence-corrected chi connectivity index (χ1v) is 9.94. The van der Waals surface area contributed by atoms with Gasteiger partial charge in [0.15, 0.2) is 0 Å². The summed E-state index contributed by atoms with van der Waals surface area (Å²) in [7, 11) is 0. The van der Waals surface area contributed by atoms with Gasteiger partial charge in [0.1, 0.15) is 22.3 Å². The van der Waals surface area contributed by atoms with Crippen LogP contribution in [0.1, 0.15) is 32.6 Å². The van der Waals surface area contributed by atoms with Gasteiger partial charge in [-0.05, 0) is 29.7 Å². The van der Waals surface area contributed by atoms with Gasteiger partial charge in [-0.2, -0.15) is 10.5 Å². The summed E-state index contributed by atoms with van der Waals surface area (Å²) in [6.45, 7) is 1.83. The van der Waals surface area contributed by atoms with Crippen LogP contribution in [0.5, 0.6) is 0 Å². The molecule has 0 fully saturated rings. The van der Waals surface area contributed by atoms with E-state index < -0.39 is 5.91 Å². The summed E-state index contributed by atoms with van der Waals surface area (Å²) in [6.07, 6.45) is 0. The number of primary amides is 1. The van der Waals surface area contributed by atoms with Gasteiger partial charge in [-0.25, -0.2) is 4.98 Å². The van der Waals surface area contributed by atoms with Crippen molar-refractivity contribution in [2.45, 2.75) is 17.7 Å². The molecule has 0 atom stereocenters. The SMILES string of the molecule is Cc1c(CSc2nc(Cl)c(C#N)c(-c3ccccc3)c2C#N)cccc1C(N)=O. The second-order valence-electron chi connectivity index (χ2n) is 6.17. The van der Waals surface area contributed by atoms with Crippen LogP contribution in [0.3, 0.4) is 0 Å². The van der Waals surface area contributed by atoms with E-state index in [-0.39, 0.29) is 10.7 Å². The lowest BCUT2D eigenvalue weighted by atomic mass is 9.98. The number of thioether (sulfide) groups is 1. The molecule has 0 aliphatic carbocycles. The van der Waals surface area contributed by atoms with E-state index in [1.807, 2.05) is 43.3 Å². The molecular formula is C22H15ClN4OS. The molecule has 1 heterocycles. The minimum Gasteiger partial charge on any atom is -0.366 e. The third-order valence-corrected chi connectivity index (χ3v) is 5.78. The Kier molecular flexibility index (Phi) is 6.19. The molecule has 7 heteroatoms. The predicted octanol–water partition coefficient (Wildman–Crippen LogP) is 4.84. The van der Waals surface area contributed by atoms with Gasteiger partial charge in [0.25, 0.3) is 0 Å². The average Bonchev–Trinajstić information content (AvgIpc) is 2.72. The van der Waals surface area contributed by atoms with E-state index >= 15 is 0 Å². The molecule has 5 nitrogen and oxygen atoms in total. The van der Waals surface area contributed by atoms with Crippen molar-refractivity contribution in [2.75, 3.05) is 0 Å². The number of nitrogens with two attached hydrogens (primary N) is 1. The van der Waals surface area contributed by atoms with Crippen molar-refractivity contribution in [3.8, 4) is 23.3 Å². The summed E-state index contributed by atoms with van der Waals surface area (Å²) in [4.78, 5) is 15.9. The molecule has 0 saturated heterocycles. The van der Waals surface area contributed by atoms with Crippen LogP contribution in [0.2, 0.25) is 5.15 Å². The largest absolute Gasteiger partial charge is 0.366 e. The second-order valence-corrected chi connectivity index (χ2v) is 7.49. The van der Waals surface area contributed by atoms with Crippen LogP contribution in [0, 0.1) is 29.6 Å². The number of hydrogen-bond acceptors (Lipinski definition) is 5. The Balaban J connectivity index is 2.07. The first-order chi connectivity index (χ1) is 14.0. The summed E-state index contributed by atoms with van der Waals surface area (Å²) in [6, 6.07) is 18.7. The van der Waals surface area contributed by atoms with Crippen molar-refractivity contribution in [1.29, 1.82) is 10.5 Å². The van der Waals surface area contributed by atoms with Crippen LogP contribution in [-0.4, -0.2) is 10.9 Å². The lowest BCUT2D eigenvalue weighted by Crippen LogP contribution is -2.13. The summed E-state index contributed by atoms with van der Waals surface area (Å²) in [5, 5.41) is 19.9. The molecular weight excluding hydrogens is 404 g/mol. The molecule has 0 aliphatic heterocycles. The van der Waals surface area contributed by atoms with Crippen molar-refractivity contribution in [2.24, 2.45) is 5.73 Å². The van der Waals surface area contributed by atoms with Crippen molar-refractivity contribution >= 4 is 29.3 Å². The van der Waals surface area contributed by atoms with Gasteiger partial charge < -0.3 is 5.73 Å². The normalized spacial score (nSPS) is 10.2. The maximum Gasteiger partial charge on any atom is 0.248 e. The molecule has 0 saturated carbocycles. The number of halogens is 1. The number of carbonyl (C=O) groups is 1. The zero-order chi connectivity index (χ0) is 21.0. The van der Waals surface area contributed by atoms with Crippen LogP contribution in [0.4, 0.5) is 0 Å². The molecule has 0 unspecified atom stereocenters. The summed E-state index contributed by atoms with van der Waals surface area (Å²) < 4.78 is 0. The van der Waals surface area contributed by atoms with Crippen LogP contribution >= 0.6 is 23.4 Å². The highest BCUT2D eigenvalue weighted by atomic mass is 35.5. The highest BCUT2D eigenvalue weighted by Crippen LogP contribution is 2.37. The molecule has 3 rings (SSSR count).